The molecule has 2 rings (SSSR count). The summed E-state index contributed by atoms with van der Waals surface area (Å²) in [7, 11) is 0. The highest BCUT2D eigenvalue weighted by atomic mass is 16.5. The van der Waals surface area contributed by atoms with Gasteiger partial charge >= 0.3 is 12.0 Å². The van der Waals surface area contributed by atoms with Crippen molar-refractivity contribution in [2.75, 3.05) is 6.61 Å². The van der Waals surface area contributed by atoms with Crippen LogP contribution in [0.3, 0.4) is 0 Å². The monoisotopic (exact) mass is 381 g/mol. The molecule has 0 aliphatic carbocycles. The summed E-state index contributed by atoms with van der Waals surface area (Å²) in [5.74, 6) is -1.04. The van der Waals surface area contributed by atoms with E-state index in [1.54, 1.807) is 37.3 Å². The number of benzene rings is 2. The maximum Gasteiger partial charge on any atom is 0.334 e. The molecule has 0 aliphatic rings. The molecular formula is C21H23N3O4. The molecule has 0 bridgehead atoms. The third kappa shape index (κ3) is 6.60. The lowest BCUT2D eigenvalue weighted by atomic mass is 10.1. The maximum atomic E-state index is 12.2. The lowest BCUT2D eigenvalue weighted by Crippen LogP contribution is -2.42. The van der Waals surface area contributed by atoms with Crippen LogP contribution in [-0.4, -0.2) is 24.5 Å². The van der Waals surface area contributed by atoms with Gasteiger partial charge in [0.15, 0.2) is 0 Å². The van der Waals surface area contributed by atoms with Crippen LogP contribution in [0.25, 0.3) is 0 Å². The number of rotatable bonds is 7. The van der Waals surface area contributed by atoms with Gasteiger partial charge in [-0.1, -0.05) is 48.5 Å². The third-order valence-corrected chi connectivity index (χ3v) is 3.73. The van der Waals surface area contributed by atoms with Gasteiger partial charge in [0.05, 0.1) is 12.7 Å². The van der Waals surface area contributed by atoms with Crippen LogP contribution < -0.4 is 16.0 Å². The van der Waals surface area contributed by atoms with Crippen LogP contribution in [0, 0.1) is 0 Å². The lowest BCUT2D eigenvalue weighted by Gasteiger charge is -2.19. The first-order valence-electron chi connectivity index (χ1n) is 8.87. The molecule has 0 heterocycles. The molecular weight excluding hydrogens is 358 g/mol. The van der Waals surface area contributed by atoms with E-state index in [9.17, 15) is 14.4 Å². The van der Waals surface area contributed by atoms with Crippen molar-refractivity contribution in [3.05, 3.63) is 83.7 Å². The zero-order valence-electron chi connectivity index (χ0n) is 15.8. The summed E-state index contributed by atoms with van der Waals surface area (Å²) in [6.45, 7) is 3.77. The van der Waals surface area contributed by atoms with Crippen LogP contribution in [0.1, 0.15) is 35.8 Å². The number of hydrogen-bond donors (Lipinski definition) is 3. The van der Waals surface area contributed by atoms with Gasteiger partial charge in [0.2, 0.25) is 0 Å². The van der Waals surface area contributed by atoms with Crippen molar-refractivity contribution in [3.63, 3.8) is 0 Å². The number of esters is 1. The summed E-state index contributed by atoms with van der Waals surface area (Å²) in [4.78, 5) is 36.1. The van der Waals surface area contributed by atoms with E-state index in [1.807, 2.05) is 37.3 Å². The minimum Gasteiger partial charge on any atom is -0.463 e. The van der Waals surface area contributed by atoms with Gasteiger partial charge in [-0.05, 0) is 31.5 Å². The van der Waals surface area contributed by atoms with Gasteiger partial charge in [0, 0.05) is 11.6 Å². The van der Waals surface area contributed by atoms with E-state index in [0.29, 0.717) is 5.56 Å². The SMILES string of the molecule is CCOC(=O)/C=C(\NC(=O)NC(=O)c1ccccc1)N[C@@H](C)c1ccccc1. The van der Waals surface area contributed by atoms with Crippen LogP contribution in [0.15, 0.2) is 72.6 Å². The summed E-state index contributed by atoms with van der Waals surface area (Å²) in [5, 5.41) is 7.75. The summed E-state index contributed by atoms with van der Waals surface area (Å²) < 4.78 is 4.90. The number of carbonyl (C=O) groups is 3. The van der Waals surface area contributed by atoms with Crippen molar-refractivity contribution in [1.29, 1.82) is 0 Å². The average molecular weight is 381 g/mol. The van der Waals surface area contributed by atoms with E-state index < -0.39 is 17.9 Å². The quantitative estimate of drug-likeness (QED) is 0.506. The summed E-state index contributed by atoms with van der Waals surface area (Å²) >= 11 is 0. The molecule has 7 nitrogen and oxygen atoms in total. The number of ether oxygens (including phenoxy) is 1. The normalized spacial score (nSPS) is 11.9. The van der Waals surface area contributed by atoms with E-state index in [-0.39, 0.29) is 18.5 Å². The fraction of sp³-hybridized carbons (Fsp3) is 0.190. The highest BCUT2D eigenvalue weighted by Gasteiger charge is 2.14. The largest absolute Gasteiger partial charge is 0.463 e. The van der Waals surface area contributed by atoms with Gasteiger partial charge in [0.1, 0.15) is 5.82 Å². The van der Waals surface area contributed by atoms with E-state index in [1.165, 1.54) is 0 Å². The molecule has 0 radical (unpaired) electrons. The Morgan fingerprint density at radius 1 is 0.964 bits per heavy atom. The van der Waals surface area contributed by atoms with Gasteiger partial charge in [-0.2, -0.15) is 0 Å². The first-order chi connectivity index (χ1) is 13.5. The second-order valence-corrected chi connectivity index (χ2v) is 5.86. The molecule has 0 fully saturated rings. The predicted molar refractivity (Wildman–Crippen MR) is 105 cm³/mol. The Kier molecular flexibility index (Phi) is 7.77. The van der Waals surface area contributed by atoms with Gasteiger partial charge in [-0.15, -0.1) is 0 Å². The molecule has 0 spiro atoms. The molecule has 2 aromatic rings. The van der Waals surface area contributed by atoms with Crippen LogP contribution >= 0.6 is 0 Å². The Balaban J connectivity index is 2.07. The molecule has 7 heteroatoms. The number of nitrogens with one attached hydrogen (secondary N) is 3. The lowest BCUT2D eigenvalue weighted by molar-refractivity contribution is -0.137. The second kappa shape index (κ2) is 10.5. The second-order valence-electron chi connectivity index (χ2n) is 5.86. The summed E-state index contributed by atoms with van der Waals surface area (Å²) in [6, 6.07) is 16.9. The molecule has 1 atom stereocenters. The molecule has 0 aliphatic heterocycles. The topological polar surface area (TPSA) is 96.5 Å². The smallest absolute Gasteiger partial charge is 0.334 e. The standard InChI is InChI=1S/C21H23N3O4/c1-3-28-19(25)14-18(22-15(2)16-10-6-4-7-11-16)23-21(27)24-20(26)17-12-8-5-9-13-17/h4-15,22H,3H2,1-2H3,(H2,23,24,26,27)/b18-14-/t15-/m0/s1. The van der Waals surface area contributed by atoms with Crippen LogP contribution in [0.4, 0.5) is 4.79 Å². The number of imide groups is 1. The first kappa shape index (κ1) is 20.7. The van der Waals surface area contributed by atoms with E-state index in [4.69, 9.17) is 4.74 Å². The molecule has 0 aromatic heterocycles. The van der Waals surface area contributed by atoms with Crippen molar-refractivity contribution in [2.45, 2.75) is 19.9 Å². The third-order valence-electron chi connectivity index (χ3n) is 3.73. The zero-order chi connectivity index (χ0) is 20.4. The van der Waals surface area contributed by atoms with E-state index in [2.05, 4.69) is 16.0 Å². The molecule has 2 aromatic carbocycles. The van der Waals surface area contributed by atoms with Crippen molar-refractivity contribution in [2.24, 2.45) is 0 Å². The van der Waals surface area contributed by atoms with Crippen LogP contribution in [0.5, 0.6) is 0 Å². The molecule has 0 saturated carbocycles. The van der Waals surface area contributed by atoms with Crippen LogP contribution in [0.2, 0.25) is 0 Å². The molecule has 3 N–H and O–H groups in total. The molecule has 0 saturated heterocycles. The Morgan fingerprint density at radius 2 is 1.57 bits per heavy atom. The highest BCUT2D eigenvalue weighted by molar-refractivity contribution is 6.04. The minimum atomic E-state index is -0.767. The highest BCUT2D eigenvalue weighted by Crippen LogP contribution is 2.12. The van der Waals surface area contributed by atoms with Gasteiger partial charge in [-0.25, -0.2) is 9.59 Å². The number of amides is 3. The Bertz CT molecular complexity index is 835. The Morgan fingerprint density at radius 3 is 2.18 bits per heavy atom. The van der Waals surface area contributed by atoms with E-state index >= 15 is 0 Å². The molecule has 0 unspecified atom stereocenters. The molecule has 3 amide bonds. The minimum absolute atomic E-state index is 0.119. The average Bonchev–Trinajstić information content (AvgIpc) is 2.69. The fourth-order valence-corrected chi connectivity index (χ4v) is 2.39. The molecule has 146 valence electrons. The van der Waals surface area contributed by atoms with Crippen molar-refractivity contribution < 1.29 is 19.1 Å². The first-order valence-corrected chi connectivity index (χ1v) is 8.87. The van der Waals surface area contributed by atoms with Gasteiger partial charge < -0.3 is 10.1 Å². The Labute approximate surface area is 163 Å². The van der Waals surface area contributed by atoms with Crippen molar-refractivity contribution >= 4 is 17.9 Å². The predicted octanol–water partition coefficient (Wildman–Crippen LogP) is 2.88. The van der Waals surface area contributed by atoms with Crippen molar-refractivity contribution in [1.82, 2.24) is 16.0 Å². The van der Waals surface area contributed by atoms with E-state index in [0.717, 1.165) is 11.6 Å². The maximum absolute atomic E-state index is 12.2. The molecule has 28 heavy (non-hydrogen) atoms. The fourth-order valence-electron chi connectivity index (χ4n) is 2.39. The number of hydrogen-bond acceptors (Lipinski definition) is 5. The summed E-state index contributed by atoms with van der Waals surface area (Å²) in [6.07, 6.45) is 1.13. The number of carbonyl (C=O) groups excluding carboxylic acids is 3. The summed E-state index contributed by atoms with van der Waals surface area (Å²) in [5.41, 5.74) is 1.30. The van der Waals surface area contributed by atoms with Gasteiger partial charge in [0.25, 0.3) is 5.91 Å². The Hall–Kier alpha value is -3.61. The van der Waals surface area contributed by atoms with Crippen LogP contribution in [-0.2, 0) is 9.53 Å². The zero-order valence-corrected chi connectivity index (χ0v) is 15.8. The van der Waals surface area contributed by atoms with Crippen molar-refractivity contribution in [3.8, 4) is 0 Å². The van der Waals surface area contributed by atoms with Gasteiger partial charge in [-0.3, -0.25) is 15.4 Å². The number of urea groups is 1.